The zero-order chi connectivity index (χ0) is 29.4. The molecule has 5 heteroatoms. The molecule has 41 heavy (non-hydrogen) atoms. The van der Waals surface area contributed by atoms with Crippen molar-refractivity contribution < 1.29 is 6.51 Å². The zero-order valence-corrected chi connectivity index (χ0v) is 31.6. The van der Waals surface area contributed by atoms with Crippen LogP contribution in [-0.4, -0.2) is 46.8 Å². The van der Waals surface area contributed by atoms with Crippen molar-refractivity contribution in [2.75, 3.05) is 19.3 Å². The Morgan fingerprint density at radius 1 is 0.683 bits per heavy atom. The average molecular weight is 641 g/mol. The predicted octanol–water partition coefficient (Wildman–Crippen LogP) is 10.1. The Balaban J connectivity index is 1.25. The van der Waals surface area contributed by atoms with Crippen molar-refractivity contribution in [2.45, 2.75) is 182 Å². The molecule has 12 aliphatic rings. The molecule has 2 N–H and O–H groups in total. The van der Waals surface area contributed by atoms with Crippen LogP contribution in [0.1, 0.15) is 109 Å². The molecule has 234 valence electrons. The van der Waals surface area contributed by atoms with Crippen LogP contribution in [0.15, 0.2) is 0 Å². The summed E-state index contributed by atoms with van der Waals surface area (Å²) in [5, 5.41) is 9.84. The summed E-state index contributed by atoms with van der Waals surface area (Å²) >= 11 is 0. The van der Waals surface area contributed by atoms with E-state index < -0.39 is 6.51 Å². The summed E-state index contributed by atoms with van der Waals surface area (Å²) in [6.07, 6.45) is 7.35. The van der Waals surface area contributed by atoms with Crippen LogP contribution in [0.5, 0.6) is 0 Å². The van der Waals surface area contributed by atoms with E-state index in [0.29, 0.717) is 26.3 Å². The van der Waals surface area contributed by atoms with Gasteiger partial charge in [0.15, 0.2) is 0 Å². The summed E-state index contributed by atoms with van der Waals surface area (Å²) in [5.41, 5.74) is 0.941. The first kappa shape index (κ1) is 25.4. The average Bonchev–Trinajstić information content (AvgIpc) is 3.65. The maximum atomic E-state index is 4.31. The second-order valence-corrected chi connectivity index (χ2v) is 51.2. The van der Waals surface area contributed by atoms with E-state index in [-0.39, 0.29) is 7.92 Å². The zero-order valence-electron chi connectivity index (χ0n) is 28.4. The third kappa shape index (κ3) is 0.599. The van der Waals surface area contributed by atoms with Crippen LogP contribution in [-0.2, 0) is 6.51 Å². The summed E-state index contributed by atoms with van der Waals surface area (Å²) in [6, 6.07) is 1.45. The van der Waals surface area contributed by atoms with Crippen molar-refractivity contribution in [3.05, 3.63) is 0 Å². The summed E-state index contributed by atoms with van der Waals surface area (Å²) < 4.78 is 3.01. The van der Waals surface area contributed by atoms with E-state index in [2.05, 4.69) is 103 Å². The topological polar surface area (TPSA) is 24.1 Å². The molecule has 0 aromatic heterocycles. The molecule has 0 aromatic carbocycles. The molecule has 12 heterocycles. The number of hydrogen-bond donors (Lipinski definition) is 2. The van der Waals surface area contributed by atoms with Gasteiger partial charge in [0.05, 0.1) is 0 Å². The molecule has 0 saturated carbocycles. The van der Waals surface area contributed by atoms with Crippen molar-refractivity contribution >= 4 is 17.2 Å². The van der Waals surface area contributed by atoms with Gasteiger partial charge in [0.1, 0.15) is 0 Å². The molecule has 12 aliphatic heterocycles. The first-order chi connectivity index (χ1) is 18.5. The van der Waals surface area contributed by atoms with E-state index in [4.69, 9.17) is 0 Å². The fraction of sp³-hybridized carbons (Fsp3) is 1.00. The normalized spacial score (nSPS) is 72.9. The van der Waals surface area contributed by atoms with E-state index in [1.165, 1.54) is 67.7 Å². The van der Waals surface area contributed by atoms with Gasteiger partial charge in [-0.3, -0.25) is 0 Å². The fourth-order valence-electron chi connectivity index (χ4n) is 28.6. The van der Waals surface area contributed by atoms with Gasteiger partial charge < -0.3 is 0 Å². The molecule has 1 spiro atoms. The SMILES string of the molecule is CC(C)(C)P(C[C]12[C]3(C(P)(C4CCCN4)C4CCCN4)[CH]4[C]5(C(C)(C)C)[C]1(C(C)(C)C)[Fe]42351678[CH]2[CH]1[CH]6[CH]7[CH]28)C(C)(C)C. The van der Waals surface area contributed by atoms with E-state index in [1.807, 2.05) is 0 Å². The standard InChI is InChI=1S/C31H57N2P2.C5H5.Fe/c1-27(2,3)23-19-22(31(34,24-15-13-17-32-24)25-16-14-18-33-25)21(26(23)28(4,5)6)20-35(29(7,8)9)30(10,11)12;1-2-4-5-3-1;/h19,24-25,32-33H,13-18,20,34H2,1-12H3;1-5H;. The Hall–Kier alpha value is 1.30. The van der Waals surface area contributed by atoms with Crippen LogP contribution < -0.4 is 10.6 Å². The van der Waals surface area contributed by atoms with Gasteiger partial charge in [-0.05, 0) is 0 Å². The van der Waals surface area contributed by atoms with Crippen molar-refractivity contribution in [3.8, 4) is 0 Å². The summed E-state index contributed by atoms with van der Waals surface area (Å²) in [6.45, 7) is 31.1. The van der Waals surface area contributed by atoms with Gasteiger partial charge in [-0.25, -0.2) is 0 Å². The third-order valence-corrected chi connectivity index (χ3v) is 74.8. The van der Waals surface area contributed by atoms with E-state index >= 15 is 0 Å². The maximum absolute atomic E-state index is 4.36. The van der Waals surface area contributed by atoms with Crippen LogP contribution in [0.25, 0.3) is 0 Å². The molecule has 0 aliphatic carbocycles. The van der Waals surface area contributed by atoms with Gasteiger partial charge >= 0.3 is 247 Å². The minimum absolute atomic E-state index is 0.104. The Bertz CT molecular complexity index is 1720. The molecule has 8 unspecified atom stereocenters. The third-order valence-electron chi connectivity index (χ3n) is 23.5. The Morgan fingerprint density at radius 3 is 1.41 bits per heavy atom. The number of fused-ring (bicyclic) bond motifs is 10. The second kappa shape index (κ2) is 3.61. The van der Waals surface area contributed by atoms with Gasteiger partial charge in [0, 0.05) is 0 Å². The molecule has 2 nitrogen and oxygen atoms in total. The molecule has 0 radical (unpaired) electrons. The van der Waals surface area contributed by atoms with Crippen LogP contribution in [0.4, 0.5) is 0 Å². The first-order valence-electron chi connectivity index (χ1n) is 17.8. The van der Waals surface area contributed by atoms with E-state index in [0.717, 1.165) is 29.3 Å². The van der Waals surface area contributed by atoms with Gasteiger partial charge in [-0.15, -0.1) is 0 Å². The monoisotopic (exact) mass is 640 g/mol. The molecular formula is C36H62FeN2P2. The van der Waals surface area contributed by atoms with E-state index in [9.17, 15) is 0 Å². The van der Waals surface area contributed by atoms with Gasteiger partial charge in [-0.2, -0.15) is 0 Å². The first-order valence-corrected chi connectivity index (χ1v) is 25.9. The van der Waals surface area contributed by atoms with Crippen LogP contribution in [0.3, 0.4) is 0 Å². The summed E-state index contributed by atoms with van der Waals surface area (Å²) in [7, 11) is 3.85. The van der Waals surface area contributed by atoms with Gasteiger partial charge in [-0.1, -0.05) is 0 Å². The second-order valence-electron chi connectivity index (χ2n) is 23.7. The van der Waals surface area contributed by atoms with Crippen LogP contribution in [0, 0.1) is 10.8 Å². The Kier molecular flexibility index (Phi) is 2.24. The molecule has 8 atom stereocenters. The molecular weight excluding hydrogens is 578 g/mol. The van der Waals surface area contributed by atoms with E-state index in [1.54, 1.807) is 6.16 Å². The molecule has 0 aromatic rings. The molecule has 0 bridgehead atoms. The van der Waals surface area contributed by atoms with Gasteiger partial charge in [0.25, 0.3) is 0 Å². The predicted molar refractivity (Wildman–Crippen MR) is 178 cm³/mol. The quantitative estimate of drug-likeness (QED) is 0.231. The van der Waals surface area contributed by atoms with Crippen molar-refractivity contribution in [3.63, 3.8) is 0 Å². The summed E-state index contributed by atoms with van der Waals surface area (Å²) in [4.78, 5) is 7.60. The Labute approximate surface area is 245 Å². The van der Waals surface area contributed by atoms with Crippen molar-refractivity contribution in [2.24, 2.45) is 10.8 Å². The number of hydrogen-bond acceptors (Lipinski definition) is 2. The number of nitrogens with one attached hydrogen (secondary N) is 2. The van der Waals surface area contributed by atoms with Crippen molar-refractivity contribution in [1.82, 2.24) is 10.6 Å². The number of rotatable bonds is 5. The van der Waals surface area contributed by atoms with Crippen LogP contribution >= 0.6 is 17.2 Å². The van der Waals surface area contributed by atoms with Crippen molar-refractivity contribution in [1.29, 1.82) is 0 Å². The molecule has 0 amide bonds. The minimum atomic E-state index is -4.36. The van der Waals surface area contributed by atoms with Crippen LogP contribution in [0.2, 0.25) is 46.2 Å². The molecule has 12 fully saturated rings. The Morgan fingerprint density at radius 2 is 1.12 bits per heavy atom. The fourth-order valence-corrected chi connectivity index (χ4v) is 126. The summed E-state index contributed by atoms with van der Waals surface area (Å²) in [5.74, 6) is 0. The molecule has 12 rings (SSSR count). The van der Waals surface area contributed by atoms with Gasteiger partial charge in [0.2, 0.25) is 0 Å². The molecule has 12 saturated heterocycles.